The van der Waals surface area contributed by atoms with Crippen molar-refractivity contribution >= 4 is 23.9 Å². The van der Waals surface area contributed by atoms with E-state index in [0.29, 0.717) is 0 Å². The highest BCUT2D eigenvalue weighted by molar-refractivity contribution is 5.70. The molecule has 0 aromatic rings. The molecule has 0 amide bonds. The second-order valence-corrected chi connectivity index (χ2v) is 10.8. The van der Waals surface area contributed by atoms with Crippen LogP contribution < -0.4 is 0 Å². The van der Waals surface area contributed by atoms with Crippen molar-refractivity contribution in [2.75, 3.05) is 72.0 Å². The molecule has 1 heterocycles. The molecule has 1 unspecified atom stereocenters. The highest BCUT2D eigenvalue weighted by Gasteiger charge is 2.93. The fraction of sp³-hybridized carbons (Fsp3) is 0.826. The van der Waals surface area contributed by atoms with Gasteiger partial charge in [0.25, 0.3) is 0 Å². The number of alkyl halides is 15. The van der Waals surface area contributed by atoms with E-state index < -0.39 is 149 Å². The third-order valence-electron chi connectivity index (χ3n) is 7.23. The van der Waals surface area contributed by atoms with Gasteiger partial charge in [0.1, 0.15) is 0 Å². The lowest BCUT2D eigenvalue weighted by Gasteiger charge is -2.46. The number of carboxylic acid groups (broad SMARTS) is 4. The van der Waals surface area contributed by atoms with Gasteiger partial charge in [-0.3, -0.25) is 38.8 Å². The molecule has 0 bridgehead atoms. The van der Waals surface area contributed by atoms with E-state index in [1.807, 2.05) is 0 Å². The molecule has 0 aromatic heterocycles. The smallest absolute Gasteiger partial charge is 0.460 e. The Bertz CT molecular complexity index is 1240. The van der Waals surface area contributed by atoms with Gasteiger partial charge in [-0.1, -0.05) is 0 Å². The molecule has 0 aromatic carbocycles. The SMILES string of the molecule is O=C(O)CN1CCN(CC(=O)O)CCN(CC(=O)O)C(C(F)(F)C(F)(F)C(F)(F)C(F)(F)C(F)(F)C(F)(F)C(F)(F)F)CN(CC(=O)O)CC1. The molecule has 0 radical (unpaired) electrons. The first-order valence-corrected chi connectivity index (χ1v) is 13.4. The number of nitrogens with zero attached hydrogens (tertiary/aromatic N) is 4. The van der Waals surface area contributed by atoms with Crippen LogP contribution in [0.25, 0.3) is 0 Å². The van der Waals surface area contributed by atoms with Crippen molar-refractivity contribution < 1.29 is 105 Å². The van der Waals surface area contributed by atoms with Gasteiger partial charge in [0.15, 0.2) is 0 Å². The number of halogens is 15. The minimum Gasteiger partial charge on any atom is -0.480 e. The molecule has 1 rings (SSSR count). The quantitative estimate of drug-likeness (QED) is 0.191. The van der Waals surface area contributed by atoms with E-state index in [2.05, 4.69) is 0 Å². The molecular weight excluding hydrogens is 745 g/mol. The van der Waals surface area contributed by atoms with E-state index in [1.54, 1.807) is 0 Å². The van der Waals surface area contributed by atoms with Crippen LogP contribution in [-0.2, 0) is 19.2 Å². The van der Waals surface area contributed by atoms with Crippen molar-refractivity contribution in [3.05, 3.63) is 0 Å². The van der Waals surface area contributed by atoms with Gasteiger partial charge in [-0.2, -0.15) is 65.9 Å². The summed E-state index contributed by atoms with van der Waals surface area (Å²) in [7, 11) is 0. The maximum Gasteiger partial charge on any atom is 0.460 e. The Balaban J connectivity index is 4.00. The Morgan fingerprint density at radius 3 is 1.10 bits per heavy atom. The van der Waals surface area contributed by atoms with Crippen molar-refractivity contribution in [2.45, 2.75) is 47.8 Å². The van der Waals surface area contributed by atoms with Gasteiger partial charge in [-0.15, -0.1) is 0 Å². The van der Waals surface area contributed by atoms with E-state index in [1.165, 1.54) is 0 Å². The van der Waals surface area contributed by atoms with Gasteiger partial charge in [-0.25, -0.2) is 0 Å². The van der Waals surface area contributed by atoms with Crippen molar-refractivity contribution in [1.29, 1.82) is 0 Å². The average Bonchev–Trinajstić information content (AvgIpc) is 2.91. The molecule has 4 N–H and O–H groups in total. The van der Waals surface area contributed by atoms with Gasteiger partial charge in [0.2, 0.25) is 0 Å². The van der Waals surface area contributed by atoms with Crippen LogP contribution in [0.2, 0.25) is 0 Å². The molecule has 50 heavy (non-hydrogen) atoms. The van der Waals surface area contributed by atoms with Crippen LogP contribution in [0, 0.1) is 0 Å². The van der Waals surface area contributed by atoms with E-state index in [9.17, 15) is 77.7 Å². The molecule has 12 nitrogen and oxygen atoms in total. The molecule has 292 valence electrons. The fourth-order valence-corrected chi connectivity index (χ4v) is 4.60. The second kappa shape index (κ2) is 15.5. The van der Waals surface area contributed by atoms with E-state index in [4.69, 9.17) is 10.2 Å². The van der Waals surface area contributed by atoms with Crippen LogP contribution in [0.5, 0.6) is 0 Å². The third-order valence-corrected chi connectivity index (χ3v) is 7.23. The fourth-order valence-electron chi connectivity index (χ4n) is 4.60. The van der Waals surface area contributed by atoms with E-state index in [-0.39, 0.29) is 4.90 Å². The normalized spacial score (nSPS) is 20.2. The summed E-state index contributed by atoms with van der Waals surface area (Å²) in [6.45, 7) is -12.7. The maximum atomic E-state index is 15.7. The summed E-state index contributed by atoms with van der Waals surface area (Å²) in [5, 5.41) is 36.7. The predicted molar refractivity (Wildman–Crippen MR) is 131 cm³/mol. The molecular formula is C23H27F15N4O8. The molecule has 1 aliphatic heterocycles. The number of rotatable bonds is 14. The number of hydrogen-bond acceptors (Lipinski definition) is 8. The van der Waals surface area contributed by atoms with E-state index in [0.717, 1.165) is 9.80 Å². The molecule has 1 atom stereocenters. The largest absolute Gasteiger partial charge is 0.480 e. The van der Waals surface area contributed by atoms with Gasteiger partial charge in [-0.05, 0) is 0 Å². The third kappa shape index (κ3) is 9.31. The average molecular weight is 772 g/mol. The second-order valence-electron chi connectivity index (χ2n) is 10.8. The summed E-state index contributed by atoms with van der Waals surface area (Å²) < 4.78 is 211. The predicted octanol–water partition coefficient (Wildman–Crippen LogP) is 2.29. The number of aliphatic carboxylic acids is 4. The molecule has 1 saturated heterocycles. The van der Waals surface area contributed by atoms with Gasteiger partial charge in [0.05, 0.1) is 32.2 Å². The lowest BCUT2D eigenvalue weighted by atomic mass is 9.88. The number of hydrogen-bond donors (Lipinski definition) is 4. The summed E-state index contributed by atoms with van der Waals surface area (Å²) >= 11 is 0. The molecule has 1 aliphatic rings. The Morgan fingerprint density at radius 2 is 0.740 bits per heavy atom. The highest BCUT2D eigenvalue weighted by Crippen LogP contribution is 2.63. The first-order chi connectivity index (χ1) is 22.3. The van der Waals surface area contributed by atoms with Crippen LogP contribution >= 0.6 is 0 Å². The number of carbonyl (C=O) groups is 4. The number of carboxylic acids is 4. The van der Waals surface area contributed by atoms with Crippen molar-refractivity contribution in [3.8, 4) is 0 Å². The van der Waals surface area contributed by atoms with Crippen molar-refractivity contribution in [3.63, 3.8) is 0 Å². The van der Waals surface area contributed by atoms with Gasteiger partial charge in [0, 0.05) is 45.8 Å². The summed E-state index contributed by atoms with van der Waals surface area (Å²) in [4.78, 5) is 46.9. The van der Waals surface area contributed by atoms with Crippen molar-refractivity contribution in [2.24, 2.45) is 0 Å². The monoisotopic (exact) mass is 772 g/mol. The van der Waals surface area contributed by atoms with Gasteiger partial charge >= 0.3 is 65.6 Å². The lowest BCUT2D eigenvalue weighted by molar-refractivity contribution is -0.454. The first kappa shape index (κ1) is 44.7. The summed E-state index contributed by atoms with van der Waals surface area (Å²) in [6, 6.07) is -4.02. The van der Waals surface area contributed by atoms with Crippen LogP contribution in [-0.4, -0.2) is 184 Å². The van der Waals surface area contributed by atoms with Crippen LogP contribution in [0.1, 0.15) is 0 Å². The zero-order chi connectivity index (χ0) is 39.5. The molecule has 0 spiro atoms. The standard InChI is InChI=1S/C23H27F15N4O8/c24-17(25,18(26,27)19(28,29)20(30,31)21(32,33)22(34,35)23(36,37)38)12-7-41(10-15(47)48)4-3-39(8-13(43)44)1-2-40(9-14(45)46)5-6-42(12)11-16(49)50/h12H,1-11H2,(H,43,44)(H,45,46)(H,47,48)(H,49,50). The van der Waals surface area contributed by atoms with Crippen LogP contribution in [0.4, 0.5) is 65.9 Å². The highest BCUT2D eigenvalue weighted by atomic mass is 19.4. The Kier molecular flexibility index (Phi) is 13.9. The summed E-state index contributed by atoms with van der Waals surface area (Å²) in [5.41, 5.74) is 0. The zero-order valence-electron chi connectivity index (χ0n) is 24.7. The topological polar surface area (TPSA) is 162 Å². The Hall–Kier alpha value is -3.33. The Labute approximate surface area is 269 Å². The Morgan fingerprint density at radius 1 is 0.440 bits per heavy atom. The minimum atomic E-state index is -8.65. The summed E-state index contributed by atoms with van der Waals surface area (Å²) in [6.07, 6.45) is -7.84. The summed E-state index contributed by atoms with van der Waals surface area (Å²) in [5.74, 6) is -56.7. The molecule has 27 heteroatoms. The zero-order valence-corrected chi connectivity index (χ0v) is 24.7. The first-order valence-electron chi connectivity index (χ1n) is 13.4. The molecule has 1 fully saturated rings. The minimum absolute atomic E-state index is 0.139. The van der Waals surface area contributed by atoms with Gasteiger partial charge < -0.3 is 20.4 Å². The van der Waals surface area contributed by atoms with Crippen LogP contribution in [0.15, 0.2) is 0 Å². The molecule has 0 saturated carbocycles. The van der Waals surface area contributed by atoms with E-state index >= 15 is 17.6 Å². The maximum absolute atomic E-state index is 15.7. The van der Waals surface area contributed by atoms with Crippen molar-refractivity contribution in [1.82, 2.24) is 19.6 Å². The van der Waals surface area contributed by atoms with Crippen LogP contribution in [0.3, 0.4) is 0 Å². The molecule has 0 aliphatic carbocycles. The lowest BCUT2D eigenvalue weighted by Crippen LogP contribution is -2.75.